The van der Waals surface area contributed by atoms with Crippen LogP contribution in [0.3, 0.4) is 0 Å². The van der Waals surface area contributed by atoms with Gasteiger partial charge in [0.1, 0.15) is 0 Å². The topological polar surface area (TPSA) is 64.0 Å². The molecule has 1 spiro atoms. The van der Waals surface area contributed by atoms with Crippen LogP contribution in [0.1, 0.15) is 63.0 Å². The number of thioether (sulfide) groups is 1. The van der Waals surface area contributed by atoms with Gasteiger partial charge >= 0.3 is 0 Å². The van der Waals surface area contributed by atoms with Crippen molar-refractivity contribution >= 4 is 39.3 Å². The molecule has 5 nitrogen and oxygen atoms in total. The van der Waals surface area contributed by atoms with Gasteiger partial charge < -0.3 is 5.32 Å². The van der Waals surface area contributed by atoms with Crippen molar-refractivity contribution in [3.05, 3.63) is 74.5 Å². The molecule has 0 radical (unpaired) electrons. The fourth-order valence-electron chi connectivity index (χ4n) is 5.71. The van der Waals surface area contributed by atoms with Gasteiger partial charge in [-0.1, -0.05) is 84.6 Å². The number of benzene rings is 2. The maximum atomic E-state index is 14.2. The minimum Gasteiger partial charge on any atom is -0.325 e. The molecule has 2 aromatic carbocycles. The Morgan fingerprint density at radius 2 is 1.86 bits per heavy atom. The Bertz CT molecular complexity index is 1310. The summed E-state index contributed by atoms with van der Waals surface area (Å²) in [5.74, 6) is 0.0840. The van der Waals surface area contributed by atoms with Crippen LogP contribution in [0.15, 0.2) is 63.0 Å². The number of nitrogens with zero attached hydrogens (tertiary/aromatic N) is 2. The van der Waals surface area contributed by atoms with Crippen molar-refractivity contribution in [1.29, 1.82) is 0 Å². The number of amides is 1. The Labute approximate surface area is 225 Å². The summed E-state index contributed by atoms with van der Waals surface area (Å²) in [5, 5.41) is 3.59. The van der Waals surface area contributed by atoms with E-state index < -0.39 is 0 Å². The summed E-state index contributed by atoms with van der Waals surface area (Å²) in [7, 11) is 0. The Balaban J connectivity index is 1.52. The fraction of sp³-hybridized carbons (Fsp3) is 0.414. The summed E-state index contributed by atoms with van der Waals surface area (Å²) >= 11 is 4.77. The monoisotopic (exact) mass is 565 g/mol. The zero-order chi connectivity index (χ0) is 25.1. The Hall–Kier alpha value is -2.38. The highest BCUT2D eigenvalue weighted by Gasteiger charge is 2.43. The summed E-state index contributed by atoms with van der Waals surface area (Å²) < 4.78 is 2.81. The molecule has 0 saturated heterocycles. The van der Waals surface area contributed by atoms with E-state index in [-0.39, 0.29) is 22.6 Å². The first-order valence-electron chi connectivity index (χ1n) is 12.9. The molecule has 2 aliphatic carbocycles. The maximum absolute atomic E-state index is 14.2. The van der Waals surface area contributed by atoms with Crippen LogP contribution in [0.25, 0.3) is 11.3 Å². The number of fused-ring (bicyclic) bond motifs is 4. The lowest BCUT2D eigenvalue weighted by atomic mass is 9.62. The predicted octanol–water partition coefficient (Wildman–Crippen LogP) is 6.96. The van der Waals surface area contributed by atoms with Gasteiger partial charge in [0.05, 0.1) is 17.0 Å². The summed E-state index contributed by atoms with van der Waals surface area (Å²) in [5.41, 5.74) is 4.84. The van der Waals surface area contributed by atoms with Gasteiger partial charge in [-0.2, -0.15) is 0 Å². The quantitative estimate of drug-likeness (QED) is 0.248. The van der Waals surface area contributed by atoms with Gasteiger partial charge in [0, 0.05) is 27.7 Å². The molecule has 2 aliphatic rings. The number of aromatic nitrogens is 2. The molecule has 188 valence electrons. The van der Waals surface area contributed by atoms with E-state index in [0.717, 1.165) is 71.9 Å². The first kappa shape index (κ1) is 25.3. The highest BCUT2D eigenvalue weighted by atomic mass is 79.9. The molecule has 1 amide bonds. The van der Waals surface area contributed by atoms with Crippen LogP contribution in [-0.4, -0.2) is 21.2 Å². The lowest BCUT2D eigenvalue weighted by molar-refractivity contribution is -0.113. The molecule has 7 heteroatoms. The number of anilines is 1. The molecule has 1 saturated carbocycles. The molecule has 1 aromatic heterocycles. The van der Waals surface area contributed by atoms with E-state index in [1.807, 2.05) is 34.9 Å². The molecule has 0 unspecified atom stereocenters. The number of halogens is 1. The van der Waals surface area contributed by atoms with Crippen molar-refractivity contribution < 1.29 is 4.79 Å². The van der Waals surface area contributed by atoms with E-state index in [2.05, 4.69) is 46.4 Å². The highest BCUT2D eigenvalue weighted by Crippen LogP contribution is 2.48. The number of rotatable bonds is 7. The van der Waals surface area contributed by atoms with Crippen molar-refractivity contribution in [3.8, 4) is 11.3 Å². The van der Waals surface area contributed by atoms with E-state index in [9.17, 15) is 9.59 Å². The summed E-state index contributed by atoms with van der Waals surface area (Å²) in [6.07, 6.45) is 8.45. The Morgan fingerprint density at radius 1 is 1.11 bits per heavy atom. The van der Waals surface area contributed by atoms with E-state index in [1.54, 1.807) is 0 Å². The number of carbonyl (C=O) groups excluding carboxylic acids is 1. The van der Waals surface area contributed by atoms with Crippen LogP contribution in [0.4, 0.5) is 5.69 Å². The lowest BCUT2D eigenvalue weighted by Crippen LogP contribution is -2.43. The Kier molecular flexibility index (Phi) is 7.68. The highest BCUT2D eigenvalue weighted by molar-refractivity contribution is 9.10. The molecule has 3 aromatic rings. The van der Waals surface area contributed by atoms with Gasteiger partial charge in [-0.3, -0.25) is 14.2 Å². The smallest absolute Gasteiger partial charge is 0.258 e. The van der Waals surface area contributed by atoms with Crippen LogP contribution >= 0.6 is 27.7 Å². The van der Waals surface area contributed by atoms with Gasteiger partial charge in [-0.15, -0.1) is 0 Å². The molecule has 5 rings (SSSR count). The van der Waals surface area contributed by atoms with Crippen LogP contribution in [-0.2, 0) is 23.2 Å². The number of hydrogen-bond donors (Lipinski definition) is 1. The zero-order valence-electron chi connectivity index (χ0n) is 20.7. The van der Waals surface area contributed by atoms with Gasteiger partial charge in [-0.25, -0.2) is 4.98 Å². The molecule has 1 N–H and O–H groups in total. The first-order valence-corrected chi connectivity index (χ1v) is 14.7. The van der Waals surface area contributed by atoms with E-state index >= 15 is 0 Å². The van der Waals surface area contributed by atoms with E-state index in [1.165, 1.54) is 23.7 Å². The second kappa shape index (κ2) is 10.9. The minimum atomic E-state index is -0.123. The summed E-state index contributed by atoms with van der Waals surface area (Å²) in [6, 6.07) is 15.9. The van der Waals surface area contributed by atoms with Crippen molar-refractivity contribution in [2.75, 3.05) is 11.1 Å². The van der Waals surface area contributed by atoms with Gasteiger partial charge in [0.15, 0.2) is 5.16 Å². The molecule has 1 heterocycles. The molecule has 0 atom stereocenters. The summed E-state index contributed by atoms with van der Waals surface area (Å²) in [4.78, 5) is 32.1. The molecule has 36 heavy (non-hydrogen) atoms. The van der Waals surface area contributed by atoms with Gasteiger partial charge in [-0.05, 0) is 55.5 Å². The number of hydrogen-bond acceptors (Lipinski definition) is 4. The lowest BCUT2D eigenvalue weighted by Gasteiger charge is -2.42. The standard InChI is InChI=1S/C29H32BrN3O2S/c1-2-3-17-33-27(35)25-26(23-10-6-5-9-20(23)18-29(25)15-7-4-8-16-29)32-28(33)36-19-24(34)31-22-13-11-21(30)12-14-22/h5-6,9-14H,2-4,7-8,15-19H2,1H3,(H,31,34). The second-order valence-electron chi connectivity index (χ2n) is 9.95. The second-order valence-corrected chi connectivity index (χ2v) is 11.8. The van der Waals surface area contributed by atoms with E-state index in [0.29, 0.717) is 11.7 Å². The third-order valence-electron chi connectivity index (χ3n) is 7.47. The van der Waals surface area contributed by atoms with Crippen LogP contribution in [0.5, 0.6) is 0 Å². The molecule has 0 aliphatic heterocycles. The third-order valence-corrected chi connectivity index (χ3v) is 8.98. The van der Waals surface area contributed by atoms with Crippen molar-refractivity contribution in [2.45, 2.75) is 75.4 Å². The first-order chi connectivity index (χ1) is 17.5. The Morgan fingerprint density at radius 3 is 2.61 bits per heavy atom. The normalized spacial score (nSPS) is 15.8. The van der Waals surface area contributed by atoms with Gasteiger partial charge in [0.25, 0.3) is 5.56 Å². The number of nitrogens with one attached hydrogen (secondary N) is 1. The van der Waals surface area contributed by atoms with Crippen molar-refractivity contribution in [3.63, 3.8) is 0 Å². The number of unbranched alkanes of at least 4 members (excludes halogenated alkanes) is 1. The number of carbonyl (C=O) groups is 1. The molecular weight excluding hydrogens is 534 g/mol. The van der Waals surface area contributed by atoms with Crippen molar-refractivity contribution in [2.24, 2.45) is 0 Å². The largest absolute Gasteiger partial charge is 0.325 e. The molecule has 0 bridgehead atoms. The molecule has 1 fully saturated rings. The van der Waals surface area contributed by atoms with Crippen LogP contribution in [0, 0.1) is 0 Å². The van der Waals surface area contributed by atoms with Crippen LogP contribution < -0.4 is 10.9 Å². The SMILES string of the molecule is CCCCn1c(SCC(=O)Nc2ccc(Br)cc2)nc2c(c1=O)C1(CCCCC1)Cc1ccccc1-2. The zero-order valence-corrected chi connectivity index (χ0v) is 23.1. The summed E-state index contributed by atoms with van der Waals surface area (Å²) in [6.45, 7) is 2.76. The van der Waals surface area contributed by atoms with E-state index in [4.69, 9.17) is 4.98 Å². The average Bonchev–Trinajstić information content (AvgIpc) is 2.88. The minimum absolute atomic E-state index is 0.0978. The van der Waals surface area contributed by atoms with Crippen LogP contribution in [0.2, 0.25) is 0 Å². The average molecular weight is 567 g/mol. The van der Waals surface area contributed by atoms with Crippen molar-refractivity contribution in [1.82, 2.24) is 9.55 Å². The van der Waals surface area contributed by atoms with Gasteiger partial charge in [0.2, 0.25) is 5.91 Å². The maximum Gasteiger partial charge on any atom is 0.258 e. The molecular formula is C29H32BrN3O2S. The third kappa shape index (κ3) is 5.05. The fourth-order valence-corrected chi connectivity index (χ4v) is 6.79. The predicted molar refractivity (Wildman–Crippen MR) is 151 cm³/mol.